The summed E-state index contributed by atoms with van der Waals surface area (Å²) in [6.45, 7) is 4.12. The number of primary amides is 1. The molecular weight excluding hydrogens is 170 g/mol. The molecule has 0 unspecified atom stereocenters. The fraction of sp³-hybridized carbons (Fsp3) is 0.750. The van der Waals surface area contributed by atoms with E-state index in [1.54, 1.807) is 11.8 Å². The summed E-state index contributed by atoms with van der Waals surface area (Å²) in [7, 11) is 0. The first kappa shape index (κ1) is 9.98. The maximum atomic E-state index is 10.8. The van der Waals surface area contributed by atoms with Gasteiger partial charge in [-0.05, 0) is 0 Å². The quantitative estimate of drug-likeness (QED) is 0.562. The van der Waals surface area contributed by atoms with Gasteiger partial charge in [-0.1, -0.05) is 0 Å². The number of nitrogens with zero attached hydrogens (tertiary/aromatic N) is 1. The van der Waals surface area contributed by atoms with Crippen molar-refractivity contribution in [3.8, 4) is 0 Å². The van der Waals surface area contributed by atoms with Crippen LogP contribution in [0.1, 0.15) is 6.92 Å². The molecule has 0 aromatic carbocycles. The SMILES string of the molecule is CC(=O)N1CC(CNCC(N)=O)C1. The van der Waals surface area contributed by atoms with Gasteiger partial charge in [-0.15, -0.1) is 0 Å². The monoisotopic (exact) mass is 185 g/mol. The maximum absolute atomic E-state index is 10.8. The number of nitrogens with one attached hydrogen (secondary N) is 1. The Kier molecular flexibility index (Phi) is 3.25. The maximum Gasteiger partial charge on any atom is 0.231 e. The average Bonchev–Trinajstić information content (AvgIpc) is 1.92. The predicted octanol–water partition coefficient (Wildman–Crippen LogP) is -1.46. The van der Waals surface area contributed by atoms with Crippen molar-refractivity contribution < 1.29 is 9.59 Å². The van der Waals surface area contributed by atoms with Crippen LogP contribution in [0.3, 0.4) is 0 Å². The number of carbonyl (C=O) groups is 2. The number of hydrogen-bond acceptors (Lipinski definition) is 3. The van der Waals surface area contributed by atoms with Gasteiger partial charge in [-0.25, -0.2) is 0 Å². The van der Waals surface area contributed by atoms with E-state index in [1.165, 1.54) is 0 Å². The molecule has 5 heteroatoms. The zero-order valence-electron chi connectivity index (χ0n) is 7.75. The molecule has 0 aliphatic carbocycles. The van der Waals surface area contributed by atoms with Gasteiger partial charge < -0.3 is 16.0 Å². The van der Waals surface area contributed by atoms with Gasteiger partial charge in [0.2, 0.25) is 11.8 Å². The third-order valence-electron chi connectivity index (χ3n) is 2.13. The molecule has 0 saturated carbocycles. The van der Waals surface area contributed by atoms with Gasteiger partial charge in [0.25, 0.3) is 0 Å². The van der Waals surface area contributed by atoms with E-state index in [0.29, 0.717) is 5.92 Å². The van der Waals surface area contributed by atoms with Gasteiger partial charge in [0.15, 0.2) is 0 Å². The molecule has 0 atom stereocenters. The van der Waals surface area contributed by atoms with Crippen molar-refractivity contribution in [2.45, 2.75) is 6.92 Å². The minimum Gasteiger partial charge on any atom is -0.369 e. The Morgan fingerprint density at radius 2 is 2.15 bits per heavy atom. The predicted molar refractivity (Wildman–Crippen MR) is 47.8 cm³/mol. The number of rotatable bonds is 4. The molecule has 1 heterocycles. The number of amides is 2. The van der Waals surface area contributed by atoms with E-state index in [2.05, 4.69) is 5.32 Å². The van der Waals surface area contributed by atoms with Crippen molar-refractivity contribution >= 4 is 11.8 Å². The Bertz CT molecular complexity index is 211. The van der Waals surface area contributed by atoms with Crippen molar-refractivity contribution in [2.75, 3.05) is 26.2 Å². The molecule has 5 nitrogen and oxygen atoms in total. The molecule has 0 radical (unpaired) electrons. The van der Waals surface area contributed by atoms with E-state index in [4.69, 9.17) is 5.73 Å². The molecule has 0 bridgehead atoms. The van der Waals surface area contributed by atoms with Crippen molar-refractivity contribution in [2.24, 2.45) is 11.7 Å². The van der Waals surface area contributed by atoms with E-state index >= 15 is 0 Å². The molecule has 1 aliphatic rings. The lowest BCUT2D eigenvalue weighted by molar-refractivity contribution is -0.135. The summed E-state index contributed by atoms with van der Waals surface area (Å²) in [4.78, 5) is 22.9. The van der Waals surface area contributed by atoms with Gasteiger partial charge >= 0.3 is 0 Å². The highest BCUT2D eigenvalue weighted by Crippen LogP contribution is 2.13. The summed E-state index contributed by atoms with van der Waals surface area (Å²) < 4.78 is 0. The van der Waals surface area contributed by atoms with Crippen LogP contribution >= 0.6 is 0 Å². The van der Waals surface area contributed by atoms with Crippen LogP contribution in [0.5, 0.6) is 0 Å². The van der Waals surface area contributed by atoms with Crippen LogP contribution in [0.4, 0.5) is 0 Å². The first-order valence-electron chi connectivity index (χ1n) is 4.34. The Morgan fingerprint density at radius 1 is 1.54 bits per heavy atom. The first-order valence-corrected chi connectivity index (χ1v) is 4.34. The highest BCUT2D eigenvalue weighted by atomic mass is 16.2. The summed E-state index contributed by atoms with van der Waals surface area (Å²) >= 11 is 0. The molecule has 1 rings (SSSR count). The average molecular weight is 185 g/mol. The van der Waals surface area contributed by atoms with Gasteiger partial charge in [-0.2, -0.15) is 0 Å². The van der Waals surface area contributed by atoms with Gasteiger partial charge in [-0.3, -0.25) is 9.59 Å². The molecule has 2 amide bonds. The Balaban J connectivity index is 2.02. The zero-order chi connectivity index (χ0) is 9.84. The van der Waals surface area contributed by atoms with E-state index in [9.17, 15) is 9.59 Å². The standard InChI is InChI=1S/C8H15N3O2/c1-6(12)11-4-7(5-11)2-10-3-8(9)13/h7,10H,2-5H2,1H3,(H2,9,13). The summed E-state index contributed by atoms with van der Waals surface area (Å²) in [6, 6.07) is 0. The van der Waals surface area contributed by atoms with Gasteiger partial charge in [0.05, 0.1) is 6.54 Å². The first-order chi connectivity index (χ1) is 6.09. The number of hydrogen-bond donors (Lipinski definition) is 2. The van der Waals surface area contributed by atoms with Crippen molar-refractivity contribution in [3.05, 3.63) is 0 Å². The summed E-state index contributed by atoms with van der Waals surface area (Å²) in [6.07, 6.45) is 0. The lowest BCUT2D eigenvalue weighted by Gasteiger charge is -2.38. The zero-order valence-corrected chi connectivity index (χ0v) is 7.75. The molecule has 1 aliphatic heterocycles. The van der Waals surface area contributed by atoms with Crippen LogP contribution in [0.15, 0.2) is 0 Å². The third kappa shape index (κ3) is 3.02. The molecule has 1 fully saturated rings. The molecule has 0 spiro atoms. The smallest absolute Gasteiger partial charge is 0.231 e. The van der Waals surface area contributed by atoms with E-state index in [-0.39, 0.29) is 18.4 Å². The van der Waals surface area contributed by atoms with Gasteiger partial charge in [0.1, 0.15) is 0 Å². The molecule has 74 valence electrons. The van der Waals surface area contributed by atoms with Crippen LogP contribution < -0.4 is 11.1 Å². The van der Waals surface area contributed by atoms with Crippen LogP contribution in [0.2, 0.25) is 0 Å². The fourth-order valence-corrected chi connectivity index (χ4v) is 1.36. The summed E-state index contributed by atoms with van der Waals surface area (Å²) in [5, 5.41) is 2.93. The minimum absolute atomic E-state index is 0.117. The molecule has 3 N–H and O–H groups in total. The van der Waals surface area contributed by atoms with E-state index in [0.717, 1.165) is 19.6 Å². The van der Waals surface area contributed by atoms with Crippen molar-refractivity contribution in [1.29, 1.82) is 0 Å². The van der Waals surface area contributed by atoms with Crippen molar-refractivity contribution in [1.82, 2.24) is 10.2 Å². The topological polar surface area (TPSA) is 75.4 Å². The van der Waals surface area contributed by atoms with E-state index < -0.39 is 0 Å². The lowest BCUT2D eigenvalue weighted by Crippen LogP contribution is -2.53. The van der Waals surface area contributed by atoms with Crippen LogP contribution in [-0.2, 0) is 9.59 Å². The Hall–Kier alpha value is -1.10. The van der Waals surface area contributed by atoms with E-state index in [1.807, 2.05) is 0 Å². The third-order valence-corrected chi connectivity index (χ3v) is 2.13. The molecule has 1 saturated heterocycles. The van der Waals surface area contributed by atoms with Crippen LogP contribution in [-0.4, -0.2) is 42.9 Å². The second-order valence-electron chi connectivity index (χ2n) is 3.39. The Morgan fingerprint density at radius 3 is 2.62 bits per heavy atom. The number of nitrogens with two attached hydrogens (primary N) is 1. The second-order valence-corrected chi connectivity index (χ2v) is 3.39. The van der Waals surface area contributed by atoms with Crippen LogP contribution in [0.25, 0.3) is 0 Å². The van der Waals surface area contributed by atoms with Gasteiger partial charge in [0, 0.05) is 32.5 Å². The molecular formula is C8H15N3O2. The van der Waals surface area contributed by atoms with Crippen molar-refractivity contribution in [3.63, 3.8) is 0 Å². The molecule has 0 aromatic heterocycles. The fourth-order valence-electron chi connectivity index (χ4n) is 1.36. The number of carbonyl (C=O) groups excluding carboxylic acids is 2. The summed E-state index contributed by atoms with van der Waals surface area (Å²) in [5.74, 6) is 0.247. The normalized spacial score (nSPS) is 16.8. The minimum atomic E-state index is -0.345. The largest absolute Gasteiger partial charge is 0.369 e. The lowest BCUT2D eigenvalue weighted by atomic mass is 10.0. The number of likely N-dealkylation sites (tertiary alicyclic amines) is 1. The second kappa shape index (κ2) is 4.23. The Labute approximate surface area is 77.3 Å². The summed E-state index contributed by atoms with van der Waals surface area (Å²) in [5.41, 5.74) is 4.95. The van der Waals surface area contributed by atoms with Crippen LogP contribution in [0, 0.1) is 5.92 Å². The molecule has 13 heavy (non-hydrogen) atoms. The molecule has 0 aromatic rings. The highest BCUT2D eigenvalue weighted by molar-refractivity contribution is 5.76. The highest BCUT2D eigenvalue weighted by Gasteiger charge is 2.27.